The van der Waals surface area contributed by atoms with Gasteiger partial charge in [0.25, 0.3) is 0 Å². The molecule has 1 saturated carbocycles. The molecule has 2 atom stereocenters. The molecular formula is C13H18ClN3. The smallest absolute Gasteiger partial charge is 0.135 e. The largest absolute Gasteiger partial charge is 0.351 e. The molecule has 2 heterocycles. The Labute approximate surface area is 107 Å². The van der Waals surface area contributed by atoms with Crippen LogP contribution in [0.1, 0.15) is 51.3 Å². The fourth-order valence-electron chi connectivity index (χ4n) is 2.73. The van der Waals surface area contributed by atoms with E-state index in [1.54, 1.807) is 0 Å². The molecule has 2 unspecified atom stereocenters. The lowest BCUT2D eigenvalue weighted by molar-refractivity contribution is 0.677. The van der Waals surface area contributed by atoms with Crippen LogP contribution in [-0.2, 0) is 0 Å². The summed E-state index contributed by atoms with van der Waals surface area (Å²) in [6, 6.07) is 3.03. The van der Waals surface area contributed by atoms with Gasteiger partial charge in [-0.1, -0.05) is 11.6 Å². The highest BCUT2D eigenvalue weighted by Crippen LogP contribution is 2.40. The van der Waals surface area contributed by atoms with Gasteiger partial charge in [0.1, 0.15) is 16.8 Å². The van der Waals surface area contributed by atoms with E-state index in [9.17, 15) is 0 Å². The molecule has 0 amide bonds. The van der Waals surface area contributed by atoms with Crippen molar-refractivity contribution in [2.75, 3.05) is 4.90 Å². The first-order valence-corrected chi connectivity index (χ1v) is 6.86. The van der Waals surface area contributed by atoms with E-state index in [1.165, 1.54) is 25.7 Å². The van der Waals surface area contributed by atoms with Gasteiger partial charge in [-0.15, -0.1) is 0 Å². The van der Waals surface area contributed by atoms with Crippen molar-refractivity contribution < 1.29 is 0 Å². The van der Waals surface area contributed by atoms with Crippen LogP contribution in [0.4, 0.5) is 5.82 Å². The minimum absolute atomic E-state index is 0.556. The monoisotopic (exact) mass is 251 g/mol. The van der Waals surface area contributed by atoms with Crippen molar-refractivity contribution in [2.24, 2.45) is 0 Å². The van der Waals surface area contributed by atoms with E-state index in [0.29, 0.717) is 23.2 Å². The van der Waals surface area contributed by atoms with E-state index < -0.39 is 0 Å². The second-order valence-electron chi connectivity index (χ2n) is 5.36. The van der Waals surface area contributed by atoms with E-state index >= 15 is 0 Å². The minimum atomic E-state index is 0.556. The molecule has 1 aromatic rings. The van der Waals surface area contributed by atoms with Gasteiger partial charge in [0.15, 0.2) is 0 Å². The van der Waals surface area contributed by atoms with Gasteiger partial charge in [0.05, 0.1) is 0 Å². The van der Waals surface area contributed by atoms with Crippen LogP contribution in [0.5, 0.6) is 0 Å². The van der Waals surface area contributed by atoms with E-state index in [2.05, 4.69) is 23.7 Å². The third kappa shape index (κ3) is 2.13. The Morgan fingerprint density at radius 3 is 2.35 bits per heavy atom. The molecule has 3 rings (SSSR count). The standard InChI is InChI=1S/C13H18ClN3/c1-8-3-4-9(2)17(8)12-7-11(14)15-13(16-12)10-5-6-10/h7-10H,3-6H2,1-2H3. The Kier molecular flexibility index (Phi) is 2.74. The van der Waals surface area contributed by atoms with E-state index in [1.807, 2.05) is 6.07 Å². The van der Waals surface area contributed by atoms with Crippen molar-refractivity contribution in [1.29, 1.82) is 0 Å². The number of halogens is 1. The predicted molar refractivity (Wildman–Crippen MR) is 69.7 cm³/mol. The van der Waals surface area contributed by atoms with Crippen LogP contribution >= 0.6 is 11.6 Å². The average Bonchev–Trinajstić information content (AvgIpc) is 3.05. The molecule has 3 nitrogen and oxygen atoms in total. The summed E-state index contributed by atoms with van der Waals surface area (Å²) in [7, 11) is 0. The Morgan fingerprint density at radius 1 is 1.12 bits per heavy atom. The molecule has 0 N–H and O–H groups in total. The van der Waals surface area contributed by atoms with Crippen LogP contribution in [0, 0.1) is 0 Å². The van der Waals surface area contributed by atoms with Crippen LogP contribution in [0.3, 0.4) is 0 Å². The van der Waals surface area contributed by atoms with Gasteiger partial charge >= 0.3 is 0 Å². The van der Waals surface area contributed by atoms with Gasteiger partial charge in [-0.2, -0.15) is 0 Å². The summed E-state index contributed by atoms with van der Waals surface area (Å²) < 4.78 is 0. The first-order valence-electron chi connectivity index (χ1n) is 6.48. The van der Waals surface area contributed by atoms with Crippen LogP contribution in [0.15, 0.2) is 6.07 Å². The van der Waals surface area contributed by atoms with Gasteiger partial charge in [-0.25, -0.2) is 9.97 Å². The highest BCUT2D eigenvalue weighted by Gasteiger charge is 2.31. The summed E-state index contributed by atoms with van der Waals surface area (Å²) in [4.78, 5) is 11.4. The first-order chi connectivity index (χ1) is 8.15. The molecule has 0 spiro atoms. The molecule has 17 heavy (non-hydrogen) atoms. The zero-order valence-corrected chi connectivity index (χ0v) is 11.1. The zero-order valence-electron chi connectivity index (χ0n) is 10.4. The highest BCUT2D eigenvalue weighted by molar-refractivity contribution is 6.29. The Balaban J connectivity index is 1.95. The summed E-state index contributed by atoms with van der Waals surface area (Å²) in [5, 5.41) is 0.586. The lowest BCUT2D eigenvalue weighted by Crippen LogP contribution is -2.33. The number of rotatable bonds is 2. The van der Waals surface area contributed by atoms with Crippen molar-refractivity contribution in [3.8, 4) is 0 Å². The van der Waals surface area contributed by atoms with Gasteiger partial charge in [0, 0.05) is 24.1 Å². The first kappa shape index (κ1) is 11.3. The molecule has 2 aliphatic rings. The van der Waals surface area contributed by atoms with Crippen molar-refractivity contribution in [3.05, 3.63) is 17.0 Å². The molecule has 1 saturated heterocycles. The third-order valence-corrected chi connectivity index (χ3v) is 4.05. The molecule has 92 valence electrons. The Morgan fingerprint density at radius 2 is 1.76 bits per heavy atom. The van der Waals surface area contributed by atoms with Crippen molar-refractivity contribution in [1.82, 2.24) is 9.97 Å². The maximum atomic E-state index is 6.12. The number of hydrogen-bond acceptors (Lipinski definition) is 3. The molecule has 1 aromatic heterocycles. The van der Waals surface area contributed by atoms with Crippen molar-refractivity contribution in [3.63, 3.8) is 0 Å². The third-order valence-electron chi connectivity index (χ3n) is 3.86. The molecule has 0 bridgehead atoms. The molecule has 0 radical (unpaired) electrons. The number of aromatic nitrogens is 2. The summed E-state index contributed by atoms with van der Waals surface area (Å²) in [6.45, 7) is 4.52. The SMILES string of the molecule is CC1CCC(C)N1c1cc(Cl)nc(C2CC2)n1. The summed E-state index contributed by atoms with van der Waals surface area (Å²) in [5.74, 6) is 2.52. The number of hydrogen-bond donors (Lipinski definition) is 0. The Hall–Kier alpha value is -0.830. The van der Waals surface area contributed by atoms with Crippen LogP contribution in [0.2, 0.25) is 5.15 Å². The molecule has 4 heteroatoms. The molecule has 1 aliphatic heterocycles. The maximum absolute atomic E-state index is 6.12. The number of anilines is 1. The highest BCUT2D eigenvalue weighted by atomic mass is 35.5. The van der Waals surface area contributed by atoms with Crippen LogP contribution in [0.25, 0.3) is 0 Å². The maximum Gasteiger partial charge on any atom is 0.135 e. The van der Waals surface area contributed by atoms with Gasteiger partial charge < -0.3 is 4.90 Å². The zero-order chi connectivity index (χ0) is 12.0. The molecule has 2 fully saturated rings. The molecule has 1 aliphatic carbocycles. The Bertz CT molecular complexity index is 421. The van der Waals surface area contributed by atoms with Gasteiger partial charge in [-0.3, -0.25) is 0 Å². The fourth-order valence-corrected chi connectivity index (χ4v) is 2.91. The number of nitrogens with zero attached hydrogens (tertiary/aromatic N) is 3. The van der Waals surface area contributed by atoms with Gasteiger partial charge in [-0.05, 0) is 39.5 Å². The lowest BCUT2D eigenvalue weighted by Gasteiger charge is -2.27. The van der Waals surface area contributed by atoms with Crippen molar-refractivity contribution in [2.45, 2.75) is 57.5 Å². The average molecular weight is 252 g/mol. The lowest BCUT2D eigenvalue weighted by atomic mass is 10.2. The minimum Gasteiger partial charge on any atom is -0.351 e. The second-order valence-corrected chi connectivity index (χ2v) is 5.75. The van der Waals surface area contributed by atoms with Crippen LogP contribution in [-0.4, -0.2) is 22.1 Å². The van der Waals surface area contributed by atoms with E-state index in [0.717, 1.165) is 11.6 Å². The quantitative estimate of drug-likeness (QED) is 0.755. The second kappa shape index (κ2) is 4.13. The van der Waals surface area contributed by atoms with Gasteiger partial charge in [0.2, 0.25) is 0 Å². The molecule has 0 aromatic carbocycles. The van der Waals surface area contributed by atoms with Crippen molar-refractivity contribution >= 4 is 17.4 Å². The summed E-state index contributed by atoms with van der Waals surface area (Å²) in [5.41, 5.74) is 0. The topological polar surface area (TPSA) is 29.0 Å². The van der Waals surface area contributed by atoms with Crippen LogP contribution < -0.4 is 4.90 Å². The normalized spacial score (nSPS) is 28.8. The van der Waals surface area contributed by atoms with E-state index in [-0.39, 0.29) is 0 Å². The summed E-state index contributed by atoms with van der Waals surface area (Å²) in [6.07, 6.45) is 4.90. The summed E-state index contributed by atoms with van der Waals surface area (Å²) >= 11 is 6.12. The fraction of sp³-hybridized carbons (Fsp3) is 0.692. The predicted octanol–water partition coefficient (Wildman–Crippen LogP) is 3.38. The molecular weight excluding hydrogens is 234 g/mol. The van der Waals surface area contributed by atoms with E-state index in [4.69, 9.17) is 16.6 Å².